The Labute approximate surface area is 111 Å². The van der Waals surface area contributed by atoms with Gasteiger partial charge in [0.05, 0.1) is 24.1 Å². The van der Waals surface area contributed by atoms with Gasteiger partial charge in [0.1, 0.15) is 6.10 Å². The second-order valence-corrected chi connectivity index (χ2v) is 5.41. The molecule has 0 radical (unpaired) electrons. The minimum atomic E-state index is -1.000. The lowest BCUT2D eigenvalue weighted by Crippen LogP contribution is -2.56. The summed E-state index contributed by atoms with van der Waals surface area (Å²) in [5, 5.41) is 0. The first-order chi connectivity index (χ1) is 8.02. The van der Waals surface area contributed by atoms with Gasteiger partial charge in [0.25, 0.3) is 0 Å². The van der Waals surface area contributed by atoms with E-state index in [1.54, 1.807) is 0 Å². The standard InChI is InChI=1S/C10H11IO6/c1-15-8(12)4-3-5(9(13)16-2)10(14)17-7(3)6(4)11/h3-7H,1-2H3/t3-,4-,5?,6+,7+/m1/s1. The molecule has 2 rings (SSSR count). The van der Waals surface area contributed by atoms with Crippen molar-refractivity contribution in [1.29, 1.82) is 0 Å². The molecule has 17 heavy (non-hydrogen) atoms. The number of carbonyl (C=O) groups is 3. The van der Waals surface area contributed by atoms with Crippen LogP contribution in [0.3, 0.4) is 0 Å². The summed E-state index contributed by atoms with van der Waals surface area (Å²) >= 11 is 2.04. The largest absolute Gasteiger partial charge is 0.469 e. The lowest BCUT2D eigenvalue weighted by Gasteiger charge is -2.42. The van der Waals surface area contributed by atoms with Gasteiger partial charge in [-0.15, -0.1) is 0 Å². The zero-order valence-electron chi connectivity index (χ0n) is 9.21. The van der Waals surface area contributed by atoms with Crippen LogP contribution in [0.5, 0.6) is 0 Å². The summed E-state index contributed by atoms with van der Waals surface area (Å²) in [6.45, 7) is 0. The molecule has 94 valence electrons. The van der Waals surface area contributed by atoms with E-state index in [0.29, 0.717) is 0 Å². The molecule has 1 saturated carbocycles. The Morgan fingerprint density at radius 1 is 1.24 bits per heavy atom. The van der Waals surface area contributed by atoms with Crippen molar-refractivity contribution in [3.05, 3.63) is 0 Å². The van der Waals surface area contributed by atoms with E-state index in [0.717, 1.165) is 0 Å². The van der Waals surface area contributed by atoms with Crippen molar-refractivity contribution in [2.75, 3.05) is 14.2 Å². The third kappa shape index (κ3) is 1.71. The van der Waals surface area contributed by atoms with Crippen LogP contribution in [0.2, 0.25) is 0 Å². The van der Waals surface area contributed by atoms with Crippen LogP contribution < -0.4 is 0 Å². The van der Waals surface area contributed by atoms with E-state index in [2.05, 4.69) is 9.47 Å². The molecule has 2 aliphatic rings. The Morgan fingerprint density at radius 2 is 1.82 bits per heavy atom. The molecule has 1 unspecified atom stereocenters. The van der Waals surface area contributed by atoms with Crippen molar-refractivity contribution in [3.8, 4) is 0 Å². The van der Waals surface area contributed by atoms with Gasteiger partial charge in [-0.2, -0.15) is 0 Å². The van der Waals surface area contributed by atoms with Gasteiger partial charge in [-0.1, -0.05) is 22.6 Å². The van der Waals surface area contributed by atoms with Gasteiger partial charge in [0.15, 0.2) is 5.92 Å². The second kappa shape index (κ2) is 4.43. The maximum absolute atomic E-state index is 11.6. The first-order valence-corrected chi connectivity index (χ1v) is 6.27. The lowest BCUT2D eigenvalue weighted by atomic mass is 9.66. The zero-order valence-corrected chi connectivity index (χ0v) is 11.4. The number of hydrogen-bond donors (Lipinski definition) is 0. The Balaban J connectivity index is 2.23. The van der Waals surface area contributed by atoms with E-state index in [4.69, 9.17) is 4.74 Å². The Morgan fingerprint density at radius 3 is 2.35 bits per heavy atom. The van der Waals surface area contributed by atoms with E-state index >= 15 is 0 Å². The first kappa shape index (κ1) is 12.6. The highest BCUT2D eigenvalue weighted by molar-refractivity contribution is 14.1. The van der Waals surface area contributed by atoms with Crippen LogP contribution in [0.25, 0.3) is 0 Å². The Kier molecular flexibility index (Phi) is 3.28. The lowest BCUT2D eigenvalue weighted by molar-refractivity contribution is -0.158. The zero-order chi connectivity index (χ0) is 12.7. The van der Waals surface area contributed by atoms with E-state index in [-0.39, 0.29) is 3.92 Å². The SMILES string of the molecule is COC(=O)C1C(=O)O[C@@H]2[C@@H](I)[C@H](C(=O)OC)[C@H]12. The van der Waals surface area contributed by atoms with Crippen LogP contribution in [0.15, 0.2) is 0 Å². The number of rotatable bonds is 2. The second-order valence-electron chi connectivity index (χ2n) is 3.97. The molecule has 0 amide bonds. The number of halogens is 1. The fourth-order valence-electron chi connectivity index (χ4n) is 2.40. The Hall–Kier alpha value is -0.860. The highest BCUT2D eigenvalue weighted by Gasteiger charge is 2.66. The molecule has 6 nitrogen and oxygen atoms in total. The third-order valence-corrected chi connectivity index (χ3v) is 4.75. The van der Waals surface area contributed by atoms with E-state index in [1.165, 1.54) is 14.2 Å². The summed E-state index contributed by atoms with van der Waals surface area (Å²) in [7, 11) is 2.49. The van der Waals surface area contributed by atoms with E-state index in [9.17, 15) is 14.4 Å². The summed E-state index contributed by atoms with van der Waals surface area (Å²) in [5.74, 6) is -3.62. The average Bonchev–Trinajstić information content (AvgIpc) is 2.62. The van der Waals surface area contributed by atoms with Gasteiger partial charge in [0, 0.05) is 5.92 Å². The maximum Gasteiger partial charge on any atom is 0.321 e. The number of hydrogen-bond acceptors (Lipinski definition) is 6. The maximum atomic E-state index is 11.6. The summed E-state index contributed by atoms with van der Waals surface area (Å²) in [5.41, 5.74) is 0. The molecule has 0 bridgehead atoms. The van der Waals surface area contributed by atoms with Gasteiger partial charge in [-0.25, -0.2) is 0 Å². The van der Waals surface area contributed by atoms with E-state index < -0.39 is 41.8 Å². The molecule has 7 heteroatoms. The number of alkyl halides is 1. The molecule has 5 atom stereocenters. The number of ether oxygens (including phenoxy) is 3. The van der Waals surface area contributed by atoms with Crippen molar-refractivity contribution in [1.82, 2.24) is 0 Å². The highest BCUT2D eigenvalue weighted by Crippen LogP contribution is 2.52. The molecule has 1 saturated heterocycles. The summed E-state index contributed by atoms with van der Waals surface area (Å²) < 4.78 is 14.2. The predicted molar refractivity (Wildman–Crippen MR) is 62.2 cm³/mol. The van der Waals surface area contributed by atoms with E-state index in [1.807, 2.05) is 22.6 Å². The normalized spacial score (nSPS) is 38.8. The quantitative estimate of drug-likeness (QED) is 0.227. The van der Waals surface area contributed by atoms with Crippen molar-refractivity contribution >= 4 is 40.5 Å². The third-order valence-electron chi connectivity index (χ3n) is 3.27. The van der Waals surface area contributed by atoms with Crippen molar-refractivity contribution < 1.29 is 28.6 Å². The fourth-order valence-corrected chi connectivity index (χ4v) is 3.80. The highest BCUT2D eigenvalue weighted by atomic mass is 127. The minimum absolute atomic E-state index is 0.149. The number of esters is 3. The number of carbonyl (C=O) groups excluding carboxylic acids is 3. The molecule has 2 fully saturated rings. The van der Waals surface area contributed by atoms with Crippen molar-refractivity contribution in [2.24, 2.45) is 17.8 Å². The smallest absolute Gasteiger partial charge is 0.321 e. The average molecular weight is 354 g/mol. The van der Waals surface area contributed by atoms with Gasteiger partial charge in [0.2, 0.25) is 0 Å². The minimum Gasteiger partial charge on any atom is -0.469 e. The predicted octanol–water partition coefficient (Wildman–Crippen LogP) is -0.0764. The molecule has 0 aromatic rings. The molecular formula is C10H11IO6. The molecule has 1 aliphatic carbocycles. The topological polar surface area (TPSA) is 78.9 Å². The summed E-state index contributed by atoms with van der Waals surface area (Å²) in [4.78, 5) is 34.6. The first-order valence-electron chi connectivity index (χ1n) is 5.03. The van der Waals surface area contributed by atoms with Crippen LogP contribution in [-0.2, 0) is 28.6 Å². The summed E-state index contributed by atoms with van der Waals surface area (Å²) in [6, 6.07) is 0. The molecule has 0 aromatic carbocycles. The molecule has 0 spiro atoms. The van der Waals surface area contributed by atoms with Crippen molar-refractivity contribution in [2.45, 2.75) is 10.0 Å². The molecular weight excluding hydrogens is 343 g/mol. The van der Waals surface area contributed by atoms with Gasteiger partial charge >= 0.3 is 17.9 Å². The van der Waals surface area contributed by atoms with Crippen LogP contribution in [0.1, 0.15) is 0 Å². The Bertz CT molecular complexity index is 381. The molecule has 0 aromatic heterocycles. The fraction of sp³-hybridized carbons (Fsp3) is 0.700. The monoisotopic (exact) mass is 354 g/mol. The van der Waals surface area contributed by atoms with Crippen molar-refractivity contribution in [3.63, 3.8) is 0 Å². The molecule has 0 N–H and O–H groups in total. The van der Waals surface area contributed by atoms with Crippen LogP contribution >= 0.6 is 22.6 Å². The van der Waals surface area contributed by atoms with Gasteiger partial charge < -0.3 is 14.2 Å². The number of fused-ring (bicyclic) bond motifs is 1. The van der Waals surface area contributed by atoms with Crippen LogP contribution in [0.4, 0.5) is 0 Å². The van der Waals surface area contributed by atoms with Gasteiger partial charge in [-0.05, 0) is 0 Å². The van der Waals surface area contributed by atoms with Gasteiger partial charge in [-0.3, -0.25) is 14.4 Å². The molecule has 1 aliphatic heterocycles. The van der Waals surface area contributed by atoms with Crippen LogP contribution in [0, 0.1) is 17.8 Å². The number of methoxy groups -OCH3 is 2. The molecule has 1 heterocycles. The van der Waals surface area contributed by atoms with Crippen LogP contribution in [-0.4, -0.2) is 42.2 Å². The summed E-state index contributed by atoms with van der Waals surface area (Å²) in [6.07, 6.45) is -0.392.